The maximum absolute atomic E-state index is 13.2. The number of unbranched alkanes of at least 4 members (excludes halogenated alkanes) is 1. The highest BCUT2D eigenvalue weighted by atomic mass is 16.6. The first-order valence-corrected chi connectivity index (χ1v) is 11.1. The highest BCUT2D eigenvalue weighted by Gasteiger charge is 2.33. The van der Waals surface area contributed by atoms with Gasteiger partial charge in [0.25, 0.3) is 0 Å². The van der Waals surface area contributed by atoms with Gasteiger partial charge in [0.1, 0.15) is 24.7 Å². The van der Waals surface area contributed by atoms with Crippen molar-refractivity contribution in [3.05, 3.63) is 34.9 Å². The Morgan fingerprint density at radius 2 is 1.73 bits per heavy atom. The second-order valence-corrected chi connectivity index (χ2v) is 8.78. The predicted octanol–water partition coefficient (Wildman–Crippen LogP) is 2.79. The highest BCUT2D eigenvalue weighted by Crippen LogP contribution is 2.27. The Kier molecular flexibility index (Phi) is 10.8. The van der Waals surface area contributed by atoms with E-state index in [1.54, 1.807) is 26.8 Å². The summed E-state index contributed by atoms with van der Waals surface area (Å²) in [6, 6.07) is 4.55. The van der Waals surface area contributed by atoms with E-state index in [0.29, 0.717) is 18.5 Å². The van der Waals surface area contributed by atoms with E-state index in [1.807, 2.05) is 32.9 Å². The van der Waals surface area contributed by atoms with Crippen molar-refractivity contribution in [1.29, 1.82) is 0 Å². The Morgan fingerprint density at radius 3 is 2.30 bits per heavy atom. The van der Waals surface area contributed by atoms with E-state index in [4.69, 9.17) is 4.74 Å². The predicted molar refractivity (Wildman–Crippen MR) is 125 cm³/mol. The first-order chi connectivity index (χ1) is 15.4. The summed E-state index contributed by atoms with van der Waals surface area (Å²) in [4.78, 5) is 51.5. The molecule has 0 saturated carbocycles. The third-order valence-corrected chi connectivity index (χ3v) is 4.99. The maximum atomic E-state index is 13.2. The number of aryl methyl sites for hydroxylation is 1. The third kappa shape index (κ3) is 9.11. The van der Waals surface area contributed by atoms with Gasteiger partial charge in [-0.3, -0.25) is 14.4 Å². The second kappa shape index (κ2) is 12.8. The smallest absolute Gasteiger partial charge is 0.408 e. The molecule has 1 unspecified atom stereocenters. The molecule has 0 aliphatic heterocycles. The van der Waals surface area contributed by atoms with Crippen LogP contribution in [0.15, 0.2) is 18.2 Å². The number of benzene rings is 1. The zero-order valence-corrected chi connectivity index (χ0v) is 20.7. The van der Waals surface area contributed by atoms with E-state index in [0.717, 1.165) is 17.5 Å². The summed E-state index contributed by atoms with van der Waals surface area (Å²) in [5, 5.41) is 5.04. The normalized spacial score (nSPS) is 11.8. The fourth-order valence-corrected chi connectivity index (χ4v) is 3.14. The van der Waals surface area contributed by atoms with Crippen LogP contribution in [-0.4, -0.2) is 61.1 Å². The number of esters is 1. The molecule has 184 valence electrons. The SMILES string of the molecule is CCCCN(C(=O)CNC(=O)OC(C)(C)C)C(C(=O)NCC(=O)OC)c1cccc(C)c1C. The van der Waals surface area contributed by atoms with Gasteiger partial charge < -0.3 is 25.0 Å². The summed E-state index contributed by atoms with van der Waals surface area (Å²) in [5.74, 6) is -1.54. The van der Waals surface area contributed by atoms with Crippen LogP contribution < -0.4 is 10.6 Å². The van der Waals surface area contributed by atoms with Crippen molar-refractivity contribution >= 4 is 23.9 Å². The van der Waals surface area contributed by atoms with Crippen LogP contribution in [-0.2, 0) is 23.9 Å². The molecule has 33 heavy (non-hydrogen) atoms. The largest absolute Gasteiger partial charge is 0.468 e. The van der Waals surface area contributed by atoms with Gasteiger partial charge in [0.15, 0.2) is 0 Å². The number of amides is 3. The van der Waals surface area contributed by atoms with Crippen molar-refractivity contribution in [2.24, 2.45) is 0 Å². The van der Waals surface area contributed by atoms with E-state index < -0.39 is 35.5 Å². The quantitative estimate of drug-likeness (QED) is 0.516. The van der Waals surface area contributed by atoms with E-state index in [9.17, 15) is 19.2 Å². The standard InChI is InChI=1S/C24H37N3O6/c1-8-9-13-27(19(28)14-26-23(31)33-24(4,5)6)21(22(30)25-15-20(29)32-7)18-12-10-11-16(2)17(18)3/h10-12,21H,8-9,13-15H2,1-7H3,(H,25,30)(H,26,31). The number of hydrogen-bond donors (Lipinski definition) is 2. The molecule has 0 saturated heterocycles. The van der Waals surface area contributed by atoms with Gasteiger partial charge in [0, 0.05) is 6.54 Å². The Labute approximate surface area is 196 Å². The molecular formula is C24H37N3O6. The molecule has 3 amide bonds. The summed E-state index contributed by atoms with van der Waals surface area (Å²) < 4.78 is 9.81. The van der Waals surface area contributed by atoms with Crippen LogP contribution in [0.5, 0.6) is 0 Å². The molecule has 2 N–H and O–H groups in total. The van der Waals surface area contributed by atoms with Gasteiger partial charge in [-0.2, -0.15) is 0 Å². The average Bonchev–Trinajstić information content (AvgIpc) is 2.74. The minimum atomic E-state index is -0.978. The van der Waals surface area contributed by atoms with Gasteiger partial charge in [-0.15, -0.1) is 0 Å². The lowest BCUT2D eigenvalue weighted by Crippen LogP contribution is -2.49. The Morgan fingerprint density at radius 1 is 1.06 bits per heavy atom. The molecule has 1 aromatic carbocycles. The lowest BCUT2D eigenvalue weighted by molar-refractivity contribution is -0.143. The number of carbonyl (C=O) groups is 4. The lowest BCUT2D eigenvalue weighted by atomic mass is 9.95. The van der Waals surface area contributed by atoms with Crippen molar-refractivity contribution < 1.29 is 28.7 Å². The van der Waals surface area contributed by atoms with Gasteiger partial charge >= 0.3 is 12.1 Å². The molecule has 0 spiro atoms. The number of alkyl carbamates (subject to hydrolysis) is 1. The topological polar surface area (TPSA) is 114 Å². The zero-order valence-electron chi connectivity index (χ0n) is 20.7. The molecule has 0 fully saturated rings. The minimum absolute atomic E-state index is 0.301. The second-order valence-electron chi connectivity index (χ2n) is 8.78. The summed E-state index contributed by atoms with van der Waals surface area (Å²) in [5.41, 5.74) is 1.78. The molecule has 0 aromatic heterocycles. The molecule has 0 aliphatic carbocycles. The van der Waals surface area contributed by atoms with Gasteiger partial charge in [0.05, 0.1) is 7.11 Å². The Balaban J connectivity index is 3.26. The van der Waals surface area contributed by atoms with Crippen LogP contribution in [0.1, 0.15) is 63.3 Å². The molecule has 0 bridgehead atoms. The maximum Gasteiger partial charge on any atom is 0.408 e. The highest BCUT2D eigenvalue weighted by molar-refractivity contribution is 5.92. The van der Waals surface area contributed by atoms with Crippen molar-refractivity contribution in [2.75, 3.05) is 26.7 Å². The molecule has 0 heterocycles. The first-order valence-electron chi connectivity index (χ1n) is 11.1. The molecule has 9 heteroatoms. The fourth-order valence-electron chi connectivity index (χ4n) is 3.14. The molecule has 1 atom stereocenters. The fraction of sp³-hybridized carbons (Fsp3) is 0.583. The van der Waals surface area contributed by atoms with Gasteiger partial charge in [0.2, 0.25) is 11.8 Å². The summed E-state index contributed by atoms with van der Waals surface area (Å²) in [6.07, 6.45) is 0.737. The zero-order chi connectivity index (χ0) is 25.2. The van der Waals surface area contributed by atoms with E-state index in [2.05, 4.69) is 15.4 Å². The number of nitrogens with zero attached hydrogens (tertiary/aromatic N) is 1. The van der Waals surface area contributed by atoms with Crippen molar-refractivity contribution in [3.63, 3.8) is 0 Å². The Hall–Kier alpha value is -3.10. The monoisotopic (exact) mass is 463 g/mol. The van der Waals surface area contributed by atoms with Crippen LogP contribution in [0, 0.1) is 13.8 Å². The number of rotatable bonds is 10. The Bertz CT molecular complexity index is 847. The van der Waals surface area contributed by atoms with Crippen LogP contribution in [0.4, 0.5) is 4.79 Å². The summed E-state index contributed by atoms with van der Waals surface area (Å²) in [7, 11) is 1.23. The third-order valence-electron chi connectivity index (χ3n) is 4.99. The number of nitrogens with one attached hydrogen (secondary N) is 2. The molecule has 1 rings (SSSR count). The van der Waals surface area contributed by atoms with E-state index in [1.165, 1.54) is 12.0 Å². The van der Waals surface area contributed by atoms with E-state index in [-0.39, 0.29) is 13.1 Å². The van der Waals surface area contributed by atoms with Crippen LogP contribution in [0.25, 0.3) is 0 Å². The van der Waals surface area contributed by atoms with Gasteiger partial charge in [-0.05, 0) is 57.7 Å². The van der Waals surface area contributed by atoms with Gasteiger partial charge in [-0.25, -0.2) is 4.79 Å². The molecular weight excluding hydrogens is 426 g/mol. The number of ether oxygens (including phenoxy) is 2. The van der Waals surface area contributed by atoms with Crippen molar-refractivity contribution in [3.8, 4) is 0 Å². The molecule has 0 aliphatic rings. The molecule has 0 radical (unpaired) electrons. The average molecular weight is 464 g/mol. The minimum Gasteiger partial charge on any atom is -0.468 e. The van der Waals surface area contributed by atoms with Crippen LogP contribution in [0.2, 0.25) is 0 Å². The first kappa shape index (κ1) is 27.9. The van der Waals surface area contributed by atoms with Gasteiger partial charge in [-0.1, -0.05) is 31.5 Å². The summed E-state index contributed by atoms with van der Waals surface area (Å²) in [6.45, 7) is 10.6. The van der Waals surface area contributed by atoms with Crippen molar-refractivity contribution in [1.82, 2.24) is 15.5 Å². The summed E-state index contributed by atoms with van der Waals surface area (Å²) >= 11 is 0. The number of hydrogen-bond acceptors (Lipinski definition) is 6. The number of methoxy groups -OCH3 is 1. The van der Waals surface area contributed by atoms with Crippen molar-refractivity contribution in [2.45, 2.75) is 66.0 Å². The molecule has 9 nitrogen and oxygen atoms in total. The number of carbonyl (C=O) groups excluding carboxylic acids is 4. The van der Waals surface area contributed by atoms with Crippen LogP contribution in [0.3, 0.4) is 0 Å². The lowest BCUT2D eigenvalue weighted by Gasteiger charge is -2.32. The van der Waals surface area contributed by atoms with Crippen LogP contribution >= 0.6 is 0 Å². The van der Waals surface area contributed by atoms with E-state index >= 15 is 0 Å². The molecule has 1 aromatic rings.